The number of nitrogens with one attached hydrogen (secondary N) is 1. The highest BCUT2D eigenvalue weighted by Crippen LogP contribution is 2.27. The summed E-state index contributed by atoms with van der Waals surface area (Å²) >= 11 is 0. The van der Waals surface area contributed by atoms with Crippen molar-refractivity contribution in [1.82, 2.24) is 5.32 Å². The summed E-state index contributed by atoms with van der Waals surface area (Å²) in [6.07, 6.45) is 0. The van der Waals surface area contributed by atoms with Crippen molar-refractivity contribution < 1.29 is 9.18 Å². The van der Waals surface area contributed by atoms with E-state index in [2.05, 4.69) is 5.32 Å². The van der Waals surface area contributed by atoms with Crippen LogP contribution in [0.2, 0.25) is 0 Å². The summed E-state index contributed by atoms with van der Waals surface area (Å²) in [6, 6.07) is 6.17. The van der Waals surface area contributed by atoms with Crippen LogP contribution in [0, 0.1) is 5.82 Å². The summed E-state index contributed by atoms with van der Waals surface area (Å²) in [5.74, 6) is -0.359. The summed E-state index contributed by atoms with van der Waals surface area (Å²) in [4.78, 5) is 14.0. The molecule has 1 heterocycles. The van der Waals surface area contributed by atoms with Crippen LogP contribution >= 0.6 is 0 Å². The van der Waals surface area contributed by atoms with Crippen molar-refractivity contribution in [3.05, 3.63) is 30.1 Å². The fourth-order valence-corrected chi connectivity index (χ4v) is 2.60. The molecule has 0 atom stereocenters. The monoisotopic (exact) mass is 250 g/mol. The number of benzene rings is 1. The minimum absolute atomic E-state index is 0.0348. The minimum atomic E-state index is -0.645. The van der Waals surface area contributed by atoms with Gasteiger partial charge in [-0.1, -0.05) is 6.07 Å². The molecule has 1 aliphatic heterocycles. The predicted molar refractivity (Wildman–Crippen MR) is 70.0 cm³/mol. The van der Waals surface area contributed by atoms with Crippen molar-refractivity contribution >= 4 is 11.6 Å². The van der Waals surface area contributed by atoms with Gasteiger partial charge in [0.1, 0.15) is 5.82 Å². The lowest BCUT2D eigenvalue weighted by molar-refractivity contribution is -0.126. The first-order valence-electron chi connectivity index (χ1n) is 6.08. The number of carbonyl (C=O) groups excluding carboxylic acids is 1. The molecule has 1 aromatic carbocycles. The zero-order valence-corrected chi connectivity index (χ0v) is 11.2. The quantitative estimate of drug-likeness (QED) is 0.829. The van der Waals surface area contributed by atoms with Crippen LogP contribution in [0.4, 0.5) is 10.1 Å². The van der Waals surface area contributed by atoms with Crippen molar-refractivity contribution in [2.45, 2.75) is 38.8 Å². The second-order valence-electron chi connectivity index (χ2n) is 6.01. The highest BCUT2D eigenvalue weighted by molar-refractivity contribution is 6.00. The Kier molecular flexibility index (Phi) is 2.93. The van der Waals surface area contributed by atoms with Crippen LogP contribution in [0.5, 0.6) is 0 Å². The fourth-order valence-electron chi connectivity index (χ4n) is 2.60. The summed E-state index contributed by atoms with van der Waals surface area (Å²) in [6.45, 7) is 8.30. The van der Waals surface area contributed by atoms with E-state index in [1.165, 1.54) is 12.1 Å². The lowest BCUT2D eigenvalue weighted by atomic mass is 9.90. The van der Waals surface area contributed by atoms with Gasteiger partial charge in [-0.25, -0.2) is 4.39 Å². The maximum Gasteiger partial charge on any atom is 0.246 e. The average molecular weight is 250 g/mol. The molecule has 1 aromatic rings. The van der Waals surface area contributed by atoms with E-state index in [0.29, 0.717) is 12.2 Å². The van der Waals surface area contributed by atoms with E-state index in [9.17, 15) is 9.18 Å². The molecular weight excluding hydrogens is 231 g/mol. The number of anilines is 1. The summed E-state index contributed by atoms with van der Waals surface area (Å²) in [5.41, 5.74) is -0.236. The van der Waals surface area contributed by atoms with Gasteiger partial charge in [0.15, 0.2) is 0 Å². The van der Waals surface area contributed by atoms with Crippen molar-refractivity contribution in [2.24, 2.45) is 0 Å². The molecule has 1 N–H and O–H groups in total. The Labute approximate surface area is 107 Å². The van der Waals surface area contributed by atoms with Crippen LogP contribution in [0.1, 0.15) is 27.7 Å². The van der Waals surface area contributed by atoms with Crippen LogP contribution in [-0.4, -0.2) is 23.5 Å². The van der Waals surface area contributed by atoms with Crippen molar-refractivity contribution in [3.63, 3.8) is 0 Å². The molecule has 0 unspecified atom stereocenters. The third-order valence-electron chi connectivity index (χ3n) is 3.10. The SMILES string of the molecule is CC1(C)CN(c2cccc(F)c2)C(=O)C(C)(C)N1. The molecule has 0 radical (unpaired) electrons. The van der Waals surface area contributed by atoms with E-state index in [1.54, 1.807) is 17.0 Å². The van der Waals surface area contributed by atoms with Gasteiger partial charge in [0, 0.05) is 17.8 Å². The number of carbonyl (C=O) groups is 1. The van der Waals surface area contributed by atoms with Crippen molar-refractivity contribution in [2.75, 3.05) is 11.4 Å². The van der Waals surface area contributed by atoms with Gasteiger partial charge < -0.3 is 4.90 Å². The van der Waals surface area contributed by atoms with Gasteiger partial charge in [-0.2, -0.15) is 0 Å². The number of nitrogens with zero attached hydrogens (tertiary/aromatic N) is 1. The van der Waals surface area contributed by atoms with Crippen LogP contribution in [0.3, 0.4) is 0 Å². The van der Waals surface area contributed by atoms with E-state index in [-0.39, 0.29) is 17.3 Å². The van der Waals surface area contributed by atoms with Gasteiger partial charge in [0.2, 0.25) is 5.91 Å². The van der Waals surface area contributed by atoms with Crippen LogP contribution in [-0.2, 0) is 4.79 Å². The Bertz CT molecular complexity index is 482. The Balaban J connectivity index is 2.40. The first kappa shape index (κ1) is 13.0. The van der Waals surface area contributed by atoms with E-state index in [1.807, 2.05) is 27.7 Å². The molecule has 0 bridgehead atoms. The van der Waals surface area contributed by atoms with Gasteiger partial charge >= 0.3 is 0 Å². The fraction of sp³-hybridized carbons (Fsp3) is 0.500. The minimum Gasteiger partial charge on any atom is -0.309 e. The second kappa shape index (κ2) is 4.05. The van der Waals surface area contributed by atoms with Gasteiger partial charge in [0.25, 0.3) is 0 Å². The molecule has 4 heteroatoms. The van der Waals surface area contributed by atoms with E-state index in [4.69, 9.17) is 0 Å². The second-order valence-corrected chi connectivity index (χ2v) is 6.01. The largest absolute Gasteiger partial charge is 0.309 e. The van der Waals surface area contributed by atoms with Crippen LogP contribution in [0.15, 0.2) is 24.3 Å². The first-order chi connectivity index (χ1) is 8.21. The number of piperazine rings is 1. The summed E-state index contributed by atoms with van der Waals surface area (Å²) < 4.78 is 13.3. The Morgan fingerprint density at radius 2 is 1.94 bits per heavy atom. The average Bonchev–Trinajstić information content (AvgIpc) is 2.22. The standard InChI is InChI=1S/C14H19FN2O/c1-13(2)9-17(12(18)14(3,4)16-13)11-7-5-6-10(15)8-11/h5-8,16H,9H2,1-4H3. The van der Waals surface area contributed by atoms with Gasteiger partial charge in [0.05, 0.1) is 5.54 Å². The van der Waals surface area contributed by atoms with Crippen molar-refractivity contribution in [1.29, 1.82) is 0 Å². The first-order valence-corrected chi connectivity index (χ1v) is 6.08. The zero-order chi connectivity index (χ0) is 13.6. The van der Waals surface area contributed by atoms with Gasteiger partial charge in [-0.3, -0.25) is 10.1 Å². The van der Waals surface area contributed by atoms with E-state index in [0.717, 1.165) is 0 Å². The zero-order valence-electron chi connectivity index (χ0n) is 11.2. The van der Waals surface area contributed by atoms with Crippen LogP contribution < -0.4 is 10.2 Å². The Morgan fingerprint density at radius 1 is 1.28 bits per heavy atom. The molecule has 0 saturated carbocycles. The highest BCUT2D eigenvalue weighted by Gasteiger charge is 2.43. The maximum absolute atomic E-state index is 13.3. The third kappa shape index (κ3) is 2.38. The molecular formula is C14H19FN2O. The molecule has 1 aliphatic rings. The topological polar surface area (TPSA) is 32.3 Å². The number of halogens is 1. The molecule has 18 heavy (non-hydrogen) atoms. The normalized spacial score (nSPS) is 22.1. The Morgan fingerprint density at radius 3 is 2.56 bits per heavy atom. The molecule has 98 valence electrons. The van der Waals surface area contributed by atoms with E-state index < -0.39 is 5.54 Å². The van der Waals surface area contributed by atoms with E-state index >= 15 is 0 Å². The number of hydrogen-bond donors (Lipinski definition) is 1. The van der Waals surface area contributed by atoms with Gasteiger partial charge in [-0.05, 0) is 45.9 Å². The maximum atomic E-state index is 13.3. The molecule has 0 aliphatic carbocycles. The van der Waals surface area contributed by atoms with Crippen molar-refractivity contribution in [3.8, 4) is 0 Å². The van der Waals surface area contributed by atoms with Crippen LogP contribution in [0.25, 0.3) is 0 Å². The summed E-state index contributed by atoms with van der Waals surface area (Å²) in [5, 5.41) is 3.31. The molecule has 3 nitrogen and oxygen atoms in total. The predicted octanol–water partition coefficient (Wildman–Crippen LogP) is 2.32. The molecule has 2 rings (SSSR count). The Hall–Kier alpha value is -1.42. The third-order valence-corrected chi connectivity index (χ3v) is 3.10. The molecule has 1 fully saturated rings. The smallest absolute Gasteiger partial charge is 0.246 e. The highest BCUT2D eigenvalue weighted by atomic mass is 19.1. The van der Waals surface area contributed by atoms with Gasteiger partial charge in [-0.15, -0.1) is 0 Å². The number of rotatable bonds is 1. The summed E-state index contributed by atoms with van der Waals surface area (Å²) in [7, 11) is 0. The lowest BCUT2D eigenvalue weighted by Gasteiger charge is -2.47. The lowest BCUT2D eigenvalue weighted by Crippen LogP contribution is -2.70. The number of hydrogen-bond acceptors (Lipinski definition) is 2. The molecule has 0 aromatic heterocycles. The molecule has 0 spiro atoms. The molecule has 1 saturated heterocycles. The molecule has 1 amide bonds. The number of amides is 1.